The van der Waals surface area contributed by atoms with Crippen LogP contribution < -0.4 is 5.32 Å². The van der Waals surface area contributed by atoms with Crippen molar-refractivity contribution in [1.82, 2.24) is 10.2 Å². The largest absolute Gasteiger partial charge is 0.395 e. The van der Waals surface area contributed by atoms with Crippen LogP contribution in [0.2, 0.25) is 0 Å². The van der Waals surface area contributed by atoms with Crippen molar-refractivity contribution >= 4 is 0 Å². The van der Waals surface area contributed by atoms with Crippen LogP contribution >= 0.6 is 0 Å². The van der Waals surface area contributed by atoms with Crippen LogP contribution in [-0.2, 0) is 0 Å². The summed E-state index contributed by atoms with van der Waals surface area (Å²) in [5.74, 6) is 0. The second-order valence-corrected chi connectivity index (χ2v) is 4.60. The number of piperidine rings is 1. The molecule has 1 atom stereocenters. The first kappa shape index (κ1) is 13.7. The Labute approximate surface area is 99.5 Å². The Balaban J connectivity index is 2.08. The minimum absolute atomic E-state index is 0.246. The Morgan fingerprint density at radius 3 is 2.88 bits per heavy atom. The molecule has 0 radical (unpaired) electrons. The monoisotopic (exact) mass is 226 g/mol. The van der Waals surface area contributed by atoms with Crippen LogP contribution in [0.15, 0.2) is 12.7 Å². The molecule has 94 valence electrons. The number of rotatable bonds is 8. The van der Waals surface area contributed by atoms with Gasteiger partial charge in [-0.05, 0) is 38.8 Å². The summed E-state index contributed by atoms with van der Waals surface area (Å²) in [6, 6.07) is 0.730. The number of nitrogens with one attached hydrogen (secondary N) is 1. The smallest absolute Gasteiger partial charge is 0.0558 e. The molecule has 1 unspecified atom stereocenters. The molecule has 16 heavy (non-hydrogen) atoms. The maximum Gasteiger partial charge on any atom is 0.0558 e. The first-order valence-electron chi connectivity index (χ1n) is 6.54. The molecule has 3 heteroatoms. The summed E-state index contributed by atoms with van der Waals surface area (Å²) in [6.07, 6.45) is 8.44. The van der Waals surface area contributed by atoms with Gasteiger partial charge in [0, 0.05) is 19.1 Å². The highest BCUT2D eigenvalue weighted by Gasteiger charge is 2.12. The molecule has 1 aliphatic rings. The first-order valence-corrected chi connectivity index (χ1v) is 6.54. The lowest BCUT2D eigenvalue weighted by molar-refractivity contribution is 0.203. The molecule has 1 aliphatic heterocycles. The quantitative estimate of drug-likeness (QED) is 0.614. The predicted molar refractivity (Wildman–Crippen MR) is 68.6 cm³/mol. The van der Waals surface area contributed by atoms with Crippen molar-refractivity contribution in [3.63, 3.8) is 0 Å². The standard InChI is InChI=1S/C13H26N2O/c1-2-9-15(11-12-16)10-5-7-13-6-3-4-8-14-13/h2,13-14,16H,1,3-12H2. The van der Waals surface area contributed by atoms with Crippen LogP contribution in [0.25, 0.3) is 0 Å². The summed E-state index contributed by atoms with van der Waals surface area (Å²) in [4.78, 5) is 2.26. The Hall–Kier alpha value is -0.380. The van der Waals surface area contributed by atoms with Crippen molar-refractivity contribution < 1.29 is 5.11 Å². The molecule has 1 saturated heterocycles. The molecule has 0 aromatic heterocycles. The third-order valence-electron chi connectivity index (χ3n) is 3.24. The van der Waals surface area contributed by atoms with E-state index in [2.05, 4.69) is 16.8 Å². The predicted octanol–water partition coefficient (Wildman–Crippen LogP) is 1.39. The molecule has 0 aromatic carbocycles. The van der Waals surface area contributed by atoms with E-state index < -0.39 is 0 Å². The molecular formula is C13H26N2O. The van der Waals surface area contributed by atoms with Gasteiger partial charge in [0.05, 0.1) is 6.61 Å². The highest BCUT2D eigenvalue weighted by atomic mass is 16.3. The number of hydrogen-bond donors (Lipinski definition) is 2. The van der Waals surface area contributed by atoms with Crippen LogP contribution in [0.3, 0.4) is 0 Å². The van der Waals surface area contributed by atoms with Gasteiger partial charge < -0.3 is 10.4 Å². The molecular weight excluding hydrogens is 200 g/mol. The zero-order valence-electron chi connectivity index (χ0n) is 10.3. The van der Waals surface area contributed by atoms with E-state index in [9.17, 15) is 0 Å². The fraction of sp³-hybridized carbons (Fsp3) is 0.846. The summed E-state index contributed by atoms with van der Waals surface area (Å²) < 4.78 is 0. The average molecular weight is 226 g/mol. The number of nitrogens with zero attached hydrogens (tertiary/aromatic N) is 1. The van der Waals surface area contributed by atoms with Crippen molar-refractivity contribution in [2.24, 2.45) is 0 Å². The number of hydrogen-bond acceptors (Lipinski definition) is 3. The highest BCUT2D eigenvalue weighted by molar-refractivity contribution is 4.75. The molecule has 1 rings (SSSR count). The van der Waals surface area contributed by atoms with Crippen LogP contribution in [0.5, 0.6) is 0 Å². The van der Waals surface area contributed by atoms with Crippen molar-refractivity contribution in [3.05, 3.63) is 12.7 Å². The Morgan fingerprint density at radius 1 is 1.38 bits per heavy atom. The highest BCUT2D eigenvalue weighted by Crippen LogP contribution is 2.11. The normalized spacial score (nSPS) is 21.2. The second kappa shape index (κ2) is 8.74. The molecule has 0 saturated carbocycles. The average Bonchev–Trinajstić information content (AvgIpc) is 2.31. The molecule has 2 N–H and O–H groups in total. The molecule has 0 bridgehead atoms. The van der Waals surface area contributed by atoms with E-state index in [0.717, 1.165) is 25.7 Å². The SMILES string of the molecule is C=CCN(CCO)CCCC1CCCCN1. The van der Waals surface area contributed by atoms with Gasteiger partial charge in [-0.25, -0.2) is 0 Å². The second-order valence-electron chi connectivity index (χ2n) is 4.60. The van der Waals surface area contributed by atoms with Crippen LogP contribution in [0.4, 0.5) is 0 Å². The van der Waals surface area contributed by atoms with Gasteiger partial charge in [-0.2, -0.15) is 0 Å². The van der Waals surface area contributed by atoms with Crippen LogP contribution in [-0.4, -0.2) is 48.8 Å². The molecule has 3 nitrogen and oxygen atoms in total. The van der Waals surface area contributed by atoms with Gasteiger partial charge in [-0.1, -0.05) is 12.5 Å². The summed E-state index contributed by atoms with van der Waals surface area (Å²) >= 11 is 0. The van der Waals surface area contributed by atoms with Gasteiger partial charge in [-0.15, -0.1) is 6.58 Å². The van der Waals surface area contributed by atoms with E-state index in [1.54, 1.807) is 0 Å². The van der Waals surface area contributed by atoms with E-state index in [-0.39, 0.29) is 6.61 Å². The molecule has 1 fully saturated rings. The number of aliphatic hydroxyl groups is 1. The topological polar surface area (TPSA) is 35.5 Å². The Bertz CT molecular complexity index is 179. The van der Waals surface area contributed by atoms with E-state index in [4.69, 9.17) is 5.11 Å². The summed E-state index contributed by atoms with van der Waals surface area (Å²) in [5.41, 5.74) is 0. The number of aliphatic hydroxyl groups excluding tert-OH is 1. The Morgan fingerprint density at radius 2 is 2.25 bits per heavy atom. The van der Waals surface area contributed by atoms with Gasteiger partial charge >= 0.3 is 0 Å². The molecule has 0 aliphatic carbocycles. The van der Waals surface area contributed by atoms with Gasteiger partial charge in [-0.3, -0.25) is 4.90 Å². The van der Waals surface area contributed by atoms with Crippen LogP contribution in [0.1, 0.15) is 32.1 Å². The van der Waals surface area contributed by atoms with Crippen LogP contribution in [0, 0.1) is 0 Å². The summed E-state index contributed by atoms with van der Waals surface area (Å²) in [5, 5.41) is 12.5. The minimum atomic E-state index is 0.246. The lowest BCUT2D eigenvalue weighted by Gasteiger charge is -2.25. The van der Waals surface area contributed by atoms with E-state index >= 15 is 0 Å². The van der Waals surface area contributed by atoms with E-state index in [0.29, 0.717) is 0 Å². The maximum absolute atomic E-state index is 8.92. The fourth-order valence-electron chi connectivity index (χ4n) is 2.35. The molecule has 0 amide bonds. The van der Waals surface area contributed by atoms with Crippen molar-refractivity contribution in [1.29, 1.82) is 0 Å². The van der Waals surface area contributed by atoms with E-state index in [1.807, 2.05) is 6.08 Å². The molecule has 0 aromatic rings. The lowest BCUT2D eigenvalue weighted by atomic mass is 10.0. The third kappa shape index (κ3) is 5.64. The zero-order valence-corrected chi connectivity index (χ0v) is 10.3. The fourth-order valence-corrected chi connectivity index (χ4v) is 2.35. The summed E-state index contributed by atoms with van der Waals surface area (Å²) in [7, 11) is 0. The minimum Gasteiger partial charge on any atom is -0.395 e. The third-order valence-corrected chi connectivity index (χ3v) is 3.24. The molecule has 0 spiro atoms. The van der Waals surface area contributed by atoms with Crippen molar-refractivity contribution in [2.45, 2.75) is 38.1 Å². The van der Waals surface area contributed by atoms with Gasteiger partial charge in [0.15, 0.2) is 0 Å². The first-order chi connectivity index (χ1) is 7.86. The molecule has 1 heterocycles. The maximum atomic E-state index is 8.92. The lowest BCUT2D eigenvalue weighted by Crippen LogP contribution is -2.35. The van der Waals surface area contributed by atoms with Crippen molar-refractivity contribution in [2.75, 3.05) is 32.8 Å². The van der Waals surface area contributed by atoms with Gasteiger partial charge in [0.1, 0.15) is 0 Å². The van der Waals surface area contributed by atoms with E-state index in [1.165, 1.54) is 38.6 Å². The zero-order chi connectivity index (χ0) is 11.6. The summed E-state index contributed by atoms with van der Waals surface area (Å²) in [6.45, 7) is 7.91. The van der Waals surface area contributed by atoms with Crippen molar-refractivity contribution in [3.8, 4) is 0 Å². The van der Waals surface area contributed by atoms with Gasteiger partial charge in [0.25, 0.3) is 0 Å². The Kier molecular flexibility index (Phi) is 7.47. The van der Waals surface area contributed by atoms with Gasteiger partial charge in [0.2, 0.25) is 0 Å².